The molecule has 0 radical (unpaired) electrons. The molecule has 1 aromatic carbocycles. The minimum absolute atomic E-state index is 0.251. The molecular formula is C15H12ClFN2O. The topological polar surface area (TPSA) is 34.9 Å². The molecule has 0 amide bonds. The summed E-state index contributed by atoms with van der Waals surface area (Å²) in [6, 6.07) is 5.88. The fourth-order valence-electron chi connectivity index (χ4n) is 2.43. The van der Waals surface area contributed by atoms with Gasteiger partial charge in [-0.2, -0.15) is 0 Å². The number of aromatic nitrogens is 2. The smallest absolute Gasteiger partial charge is 0.267 e. The SMILES string of the molecule is Cc1nc2c(c(=O)n1-c1cccc(F)c1)=C(Cl)CCC=2. The summed E-state index contributed by atoms with van der Waals surface area (Å²) in [6.07, 6.45) is 3.32. The first kappa shape index (κ1) is 13.1. The number of aryl methyl sites for hydroxylation is 1. The lowest BCUT2D eigenvalue weighted by atomic mass is 10.1. The Morgan fingerprint density at radius 2 is 2.20 bits per heavy atom. The van der Waals surface area contributed by atoms with Crippen molar-refractivity contribution in [1.29, 1.82) is 0 Å². The number of nitrogens with zero attached hydrogens (tertiary/aromatic N) is 2. The molecule has 102 valence electrons. The molecule has 0 aliphatic heterocycles. The Hall–Kier alpha value is -1.94. The predicted molar refractivity (Wildman–Crippen MR) is 76.7 cm³/mol. The summed E-state index contributed by atoms with van der Waals surface area (Å²) in [6.45, 7) is 1.73. The summed E-state index contributed by atoms with van der Waals surface area (Å²) in [5.74, 6) is 0.120. The van der Waals surface area contributed by atoms with Crippen LogP contribution in [0.5, 0.6) is 0 Å². The number of benzene rings is 1. The third-order valence-corrected chi connectivity index (χ3v) is 3.70. The number of hydrogen-bond acceptors (Lipinski definition) is 2. The third kappa shape index (κ3) is 2.06. The molecule has 5 heteroatoms. The first-order valence-electron chi connectivity index (χ1n) is 6.32. The molecule has 1 heterocycles. The highest BCUT2D eigenvalue weighted by molar-refractivity contribution is 6.45. The highest BCUT2D eigenvalue weighted by Gasteiger charge is 2.12. The van der Waals surface area contributed by atoms with Crippen LogP contribution in [0.1, 0.15) is 18.7 Å². The Bertz CT molecular complexity index is 870. The largest absolute Gasteiger partial charge is 0.268 e. The minimum Gasteiger partial charge on any atom is -0.268 e. The van der Waals surface area contributed by atoms with Gasteiger partial charge in [0.25, 0.3) is 5.56 Å². The molecule has 0 saturated heterocycles. The average molecular weight is 291 g/mol. The third-order valence-electron chi connectivity index (χ3n) is 3.32. The van der Waals surface area contributed by atoms with Gasteiger partial charge in [-0.3, -0.25) is 9.36 Å². The number of hydrogen-bond donors (Lipinski definition) is 0. The molecule has 0 N–H and O–H groups in total. The highest BCUT2D eigenvalue weighted by atomic mass is 35.5. The van der Waals surface area contributed by atoms with Crippen LogP contribution in [0.3, 0.4) is 0 Å². The van der Waals surface area contributed by atoms with Crippen molar-refractivity contribution in [2.75, 3.05) is 0 Å². The lowest BCUT2D eigenvalue weighted by molar-refractivity contribution is 0.625. The fourth-order valence-corrected chi connectivity index (χ4v) is 2.72. The number of halogens is 2. The molecule has 20 heavy (non-hydrogen) atoms. The highest BCUT2D eigenvalue weighted by Crippen LogP contribution is 2.12. The molecule has 1 aliphatic rings. The maximum Gasteiger partial charge on any atom is 0.267 e. The minimum atomic E-state index is -0.395. The van der Waals surface area contributed by atoms with Crippen molar-refractivity contribution in [3.63, 3.8) is 0 Å². The second-order valence-electron chi connectivity index (χ2n) is 4.69. The molecule has 0 atom stereocenters. The van der Waals surface area contributed by atoms with Crippen LogP contribution in [0.25, 0.3) is 16.8 Å². The molecule has 0 fully saturated rings. The van der Waals surface area contributed by atoms with Crippen molar-refractivity contribution in [1.82, 2.24) is 9.55 Å². The maximum absolute atomic E-state index is 13.4. The second-order valence-corrected chi connectivity index (χ2v) is 5.14. The van der Waals surface area contributed by atoms with E-state index in [-0.39, 0.29) is 5.56 Å². The zero-order valence-corrected chi connectivity index (χ0v) is 11.6. The Morgan fingerprint density at radius 3 is 2.95 bits per heavy atom. The molecule has 1 aromatic heterocycles. The lowest BCUT2D eigenvalue weighted by Gasteiger charge is -2.12. The van der Waals surface area contributed by atoms with E-state index in [0.717, 1.165) is 6.42 Å². The van der Waals surface area contributed by atoms with Crippen LogP contribution in [-0.4, -0.2) is 9.55 Å². The van der Waals surface area contributed by atoms with E-state index in [4.69, 9.17) is 11.6 Å². The zero-order valence-electron chi connectivity index (χ0n) is 10.9. The van der Waals surface area contributed by atoms with Gasteiger partial charge in [-0.1, -0.05) is 23.7 Å². The first-order chi connectivity index (χ1) is 9.58. The summed E-state index contributed by atoms with van der Waals surface area (Å²) < 4.78 is 14.8. The van der Waals surface area contributed by atoms with Crippen molar-refractivity contribution >= 4 is 22.7 Å². The van der Waals surface area contributed by atoms with Crippen molar-refractivity contribution in [3.05, 3.63) is 56.8 Å². The predicted octanol–water partition coefficient (Wildman–Crippen LogP) is 1.60. The van der Waals surface area contributed by atoms with Gasteiger partial charge in [0.05, 0.1) is 16.3 Å². The lowest BCUT2D eigenvalue weighted by Crippen LogP contribution is -2.49. The fraction of sp³-hybridized carbons (Fsp3) is 0.200. The van der Waals surface area contributed by atoms with Crippen LogP contribution < -0.4 is 16.1 Å². The monoisotopic (exact) mass is 290 g/mol. The standard InChI is InChI=1S/C15H12ClFN2O/c1-9-18-13-7-3-6-12(16)14(13)15(20)19(9)11-5-2-4-10(17)8-11/h2,4-5,7-8H,3,6H2,1H3. The van der Waals surface area contributed by atoms with Crippen LogP contribution in [-0.2, 0) is 0 Å². The molecule has 0 spiro atoms. The van der Waals surface area contributed by atoms with Crippen molar-refractivity contribution < 1.29 is 4.39 Å². The first-order valence-corrected chi connectivity index (χ1v) is 6.70. The van der Waals surface area contributed by atoms with E-state index in [2.05, 4.69) is 4.98 Å². The van der Waals surface area contributed by atoms with E-state index >= 15 is 0 Å². The number of fused-ring (bicyclic) bond motifs is 1. The van der Waals surface area contributed by atoms with Crippen LogP contribution in [0.4, 0.5) is 4.39 Å². The van der Waals surface area contributed by atoms with E-state index in [1.165, 1.54) is 16.7 Å². The molecule has 3 rings (SSSR count). The van der Waals surface area contributed by atoms with Crippen molar-refractivity contribution in [3.8, 4) is 5.69 Å². The van der Waals surface area contributed by atoms with Crippen LogP contribution >= 0.6 is 11.6 Å². The van der Waals surface area contributed by atoms with Gasteiger partial charge in [-0.15, -0.1) is 0 Å². The quantitative estimate of drug-likeness (QED) is 0.800. The van der Waals surface area contributed by atoms with Crippen LogP contribution in [0, 0.1) is 12.7 Å². The Kier molecular flexibility index (Phi) is 3.18. The van der Waals surface area contributed by atoms with Gasteiger partial charge in [-0.25, -0.2) is 9.37 Å². The van der Waals surface area contributed by atoms with Gasteiger partial charge in [0.2, 0.25) is 0 Å². The molecule has 0 unspecified atom stereocenters. The van der Waals surface area contributed by atoms with Crippen LogP contribution in [0.15, 0.2) is 29.1 Å². The van der Waals surface area contributed by atoms with Gasteiger partial charge in [-0.05, 0) is 38.0 Å². The Labute approximate surface area is 119 Å². The van der Waals surface area contributed by atoms with E-state index in [1.807, 2.05) is 6.08 Å². The van der Waals surface area contributed by atoms with Gasteiger partial charge < -0.3 is 0 Å². The summed E-state index contributed by atoms with van der Waals surface area (Å²) in [5, 5.41) is 1.56. The summed E-state index contributed by atoms with van der Waals surface area (Å²) in [4.78, 5) is 17.0. The van der Waals surface area contributed by atoms with E-state index in [9.17, 15) is 9.18 Å². The molecule has 1 aliphatic carbocycles. The summed E-state index contributed by atoms with van der Waals surface area (Å²) in [5.41, 5.74) is 0.205. The van der Waals surface area contributed by atoms with Gasteiger partial charge in [0.1, 0.15) is 11.6 Å². The molecule has 0 bridgehead atoms. The normalized spacial score (nSPS) is 13.8. The van der Waals surface area contributed by atoms with Crippen LogP contribution in [0.2, 0.25) is 0 Å². The van der Waals surface area contributed by atoms with Gasteiger partial charge >= 0.3 is 0 Å². The molecule has 0 saturated carbocycles. The van der Waals surface area contributed by atoms with Gasteiger partial charge in [0.15, 0.2) is 0 Å². The van der Waals surface area contributed by atoms with Gasteiger partial charge in [0, 0.05) is 5.03 Å². The summed E-state index contributed by atoms with van der Waals surface area (Å²) in [7, 11) is 0. The van der Waals surface area contributed by atoms with E-state index in [0.29, 0.717) is 33.5 Å². The Morgan fingerprint density at radius 1 is 1.40 bits per heavy atom. The Balaban J connectivity index is 2.43. The molecular weight excluding hydrogens is 279 g/mol. The van der Waals surface area contributed by atoms with Crippen molar-refractivity contribution in [2.45, 2.75) is 19.8 Å². The number of rotatable bonds is 1. The molecule has 3 nitrogen and oxygen atoms in total. The summed E-state index contributed by atoms with van der Waals surface area (Å²) >= 11 is 6.16. The second kappa shape index (κ2) is 4.87. The van der Waals surface area contributed by atoms with Crippen molar-refractivity contribution in [2.24, 2.45) is 0 Å². The van der Waals surface area contributed by atoms with E-state index < -0.39 is 5.82 Å². The molecule has 2 aromatic rings. The zero-order chi connectivity index (χ0) is 14.3. The average Bonchev–Trinajstić information content (AvgIpc) is 2.38. The van der Waals surface area contributed by atoms with E-state index in [1.54, 1.807) is 19.1 Å². The maximum atomic E-state index is 13.4.